The molecule has 0 radical (unpaired) electrons. The van der Waals surface area contributed by atoms with Crippen LogP contribution in [0.15, 0.2) is 24.3 Å². The van der Waals surface area contributed by atoms with E-state index in [-0.39, 0.29) is 17.1 Å². The lowest BCUT2D eigenvalue weighted by atomic mass is 9.79. The van der Waals surface area contributed by atoms with Crippen molar-refractivity contribution >= 4 is 24.2 Å². The molecule has 0 aliphatic carbocycles. The molecule has 1 aromatic carbocycles. The van der Waals surface area contributed by atoms with E-state index >= 15 is 0 Å². The van der Waals surface area contributed by atoms with E-state index in [1.54, 1.807) is 0 Å². The van der Waals surface area contributed by atoms with Crippen molar-refractivity contribution < 1.29 is 14.1 Å². The molecule has 21 heavy (non-hydrogen) atoms. The average Bonchev–Trinajstić information content (AvgIpc) is 2.59. The van der Waals surface area contributed by atoms with Gasteiger partial charge in [0.15, 0.2) is 0 Å². The van der Waals surface area contributed by atoms with Crippen molar-refractivity contribution in [3.63, 3.8) is 0 Å². The van der Waals surface area contributed by atoms with E-state index in [4.69, 9.17) is 15.0 Å². The van der Waals surface area contributed by atoms with Crippen molar-refractivity contribution in [3.05, 3.63) is 24.3 Å². The van der Waals surface area contributed by atoms with Crippen molar-refractivity contribution in [2.45, 2.75) is 45.3 Å². The van der Waals surface area contributed by atoms with Crippen LogP contribution in [-0.2, 0) is 14.1 Å². The number of rotatable bonds is 4. The van der Waals surface area contributed by atoms with Gasteiger partial charge in [0.1, 0.15) is 0 Å². The van der Waals surface area contributed by atoms with Crippen LogP contribution in [0.5, 0.6) is 0 Å². The molecule has 1 amide bonds. The predicted molar refractivity (Wildman–Crippen MR) is 84.5 cm³/mol. The number of nitrogens with one attached hydrogen (secondary N) is 1. The minimum atomic E-state index is -0.429. The molecule has 6 heteroatoms. The number of hydrogen-bond acceptors (Lipinski definition) is 4. The summed E-state index contributed by atoms with van der Waals surface area (Å²) in [5.41, 5.74) is 6.23. The number of carbonyl (C=O) groups excluding carboxylic acids is 1. The van der Waals surface area contributed by atoms with Crippen molar-refractivity contribution in [1.82, 2.24) is 0 Å². The lowest BCUT2D eigenvalue weighted by Crippen LogP contribution is -2.41. The Morgan fingerprint density at radius 1 is 1.24 bits per heavy atom. The van der Waals surface area contributed by atoms with Gasteiger partial charge in [0.25, 0.3) is 0 Å². The predicted octanol–water partition coefficient (Wildman–Crippen LogP) is 1.27. The van der Waals surface area contributed by atoms with Crippen LogP contribution in [0.1, 0.15) is 34.1 Å². The second-order valence-corrected chi connectivity index (χ2v) is 6.30. The van der Waals surface area contributed by atoms with E-state index in [0.29, 0.717) is 13.0 Å². The van der Waals surface area contributed by atoms with Crippen LogP contribution >= 0.6 is 0 Å². The number of nitrogens with two attached hydrogens (primary N) is 1. The SMILES string of the molecule is CC1(C)OB(c2cccc(NC(=O)CCN)c2)OC1(C)C. The topological polar surface area (TPSA) is 73.6 Å². The second-order valence-electron chi connectivity index (χ2n) is 6.30. The minimum absolute atomic E-state index is 0.0939. The lowest BCUT2D eigenvalue weighted by molar-refractivity contribution is -0.116. The molecular weight excluding hydrogens is 267 g/mol. The zero-order chi connectivity index (χ0) is 15.7. The van der Waals surface area contributed by atoms with Gasteiger partial charge in [-0.25, -0.2) is 0 Å². The third kappa shape index (κ3) is 3.45. The zero-order valence-corrected chi connectivity index (χ0v) is 13.1. The van der Waals surface area contributed by atoms with E-state index in [1.807, 2.05) is 52.0 Å². The standard InChI is InChI=1S/C15H23BN2O3/c1-14(2)15(3,4)21-16(20-14)11-6-5-7-12(10-11)18-13(19)8-9-17/h5-7,10H,8-9,17H2,1-4H3,(H,18,19). The molecule has 5 nitrogen and oxygen atoms in total. The smallest absolute Gasteiger partial charge is 0.399 e. The fraction of sp³-hybridized carbons (Fsp3) is 0.533. The molecular formula is C15H23BN2O3. The molecule has 1 aromatic rings. The van der Waals surface area contributed by atoms with Crippen LogP contribution in [0, 0.1) is 0 Å². The van der Waals surface area contributed by atoms with Crippen LogP contribution in [0.3, 0.4) is 0 Å². The highest BCUT2D eigenvalue weighted by Gasteiger charge is 2.51. The monoisotopic (exact) mass is 290 g/mol. The van der Waals surface area contributed by atoms with E-state index in [0.717, 1.165) is 11.2 Å². The fourth-order valence-corrected chi connectivity index (χ4v) is 2.10. The van der Waals surface area contributed by atoms with Gasteiger partial charge in [-0.3, -0.25) is 4.79 Å². The van der Waals surface area contributed by atoms with E-state index in [9.17, 15) is 4.79 Å². The maximum atomic E-state index is 11.6. The van der Waals surface area contributed by atoms with Crippen LogP contribution in [-0.4, -0.2) is 30.8 Å². The van der Waals surface area contributed by atoms with Gasteiger partial charge in [0, 0.05) is 18.7 Å². The van der Waals surface area contributed by atoms with Gasteiger partial charge in [-0.1, -0.05) is 12.1 Å². The summed E-state index contributed by atoms with van der Waals surface area (Å²) in [4.78, 5) is 11.6. The molecule has 1 aliphatic rings. The van der Waals surface area contributed by atoms with Crippen molar-refractivity contribution in [2.75, 3.05) is 11.9 Å². The molecule has 0 atom stereocenters. The number of anilines is 1. The number of benzene rings is 1. The molecule has 1 heterocycles. The highest BCUT2D eigenvalue weighted by Crippen LogP contribution is 2.36. The Hall–Kier alpha value is -1.37. The Morgan fingerprint density at radius 3 is 2.43 bits per heavy atom. The Morgan fingerprint density at radius 2 is 1.86 bits per heavy atom. The van der Waals surface area contributed by atoms with Crippen molar-refractivity contribution in [3.8, 4) is 0 Å². The van der Waals surface area contributed by atoms with Crippen molar-refractivity contribution in [1.29, 1.82) is 0 Å². The first-order chi connectivity index (χ1) is 9.75. The van der Waals surface area contributed by atoms with E-state index < -0.39 is 7.12 Å². The molecule has 0 unspecified atom stereocenters. The maximum Gasteiger partial charge on any atom is 0.494 e. The summed E-state index contributed by atoms with van der Waals surface area (Å²) in [6.07, 6.45) is 0.306. The van der Waals surface area contributed by atoms with E-state index in [1.165, 1.54) is 0 Å². The first-order valence-corrected chi connectivity index (χ1v) is 7.21. The minimum Gasteiger partial charge on any atom is -0.399 e. The largest absolute Gasteiger partial charge is 0.494 e. The highest BCUT2D eigenvalue weighted by molar-refractivity contribution is 6.62. The molecule has 3 N–H and O–H groups in total. The first kappa shape index (κ1) is 16.0. The van der Waals surface area contributed by atoms with Crippen LogP contribution in [0.2, 0.25) is 0 Å². The third-order valence-electron chi connectivity index (χ3n) is 4.07. The van der Waals surface area contributed by atoms with Gasteiger partial charge in [-0.2, -0.15) is 0 Å². The molecule has 114 valence electrons. The average molecular weight is 290 g/mol. The first-order valence-electron chi connectivity index (χ1n) is 7.21. The highest BCUT2D eigenvalue weighted by atomic mass is 16.7. The number of carbonyl (C=O) groups is 1. The summed E-state index contributed by atoms with van der Waals surface area (Å²) in [7, 11) is -0.429. The number of amides is 1. The molecule has 0 spiro atoms. The van der Waals surface area contributed by atoms with Gasteiger partial charge >= 0.3 is 7.12 Å². The Labute approximate surface area is 126 Å². The quantitative estimate of drug-likeness (QED) is 0.819. The Kier molecular flexibility index (Phi) is 4.42. The molecule has 1 saturated heterocycles. The van der Waals surface area contributed by atoms with Gasteiger partial charge in [0.05, 0.1) is 11.2 Å². The Bertz CT molecular complexity index is 515. The normalized spacial score (nSPS) is 19.6. The number of hydrogen-bond donors (Lipinski definition) is 2. The summed E-state index contributed by atoms with van der Waals surface area (Å²) in [5, 5.41) is 2.82. The summed E-state index contributed by atoms with van der Waals surface area (Å²) >= 11 is 0. The van der Waals surface area contributed by atoms with Gasteiger partial charge in [0.2, 0.25) is 5.91 Å². The third-order valence-corrected chi connectivity index (χ3v) is 4.07. The van der Waals surface area contributed by atoms with Crippen molar-refractivity contribution in [2.24, 2.45) is 5.73 Å². The van der Waals surface area contributed by atoms with Crippen LogP contribution in [0.25, 0.3) is 0 Å². The van der Waals surface area contributed by atoms with Gasteiger partial charge in [-0.05, 0) is 45.3 Å². The Balaban J connectivity index is 2.14. The summed E-state index contributed by atoms with van der Waals surface area (Å²) in [5.74, 6) is -0.0939. The molecule has 1 aliphatic heterocycles. The lowest BCUT2D eigenvalue weighted by Gasteiger charge is -2.32. The van der Waals surface area contributed by atoms with Gasteiger partial charge in [-0.15, -0.1) is 0 Å². The molecule has 0 saturated carbocycles. The summed E-state index contributed by atoms with van der Waals surface area (Å²) in [6, 6.07) is 7.51. The molecule has 0 bridgehead atoms. The maximum absolute atomic E-state index is 11.6. The second kappa shape index (κ2) is 5.79. The molecule has 2 rings (SSSR count). The molecule has 0 aromatic heterocycles. The van der Waals surface area contributed by atoms with E-state index in [2.05, 4.69) is 5.32 Å². The summed E-state index contributed by atoms with van der Waals surface area (Å²) < 4.78 is 12.0. The fourth-order valence-electron chi connectivity index (χ4n) is 2.10. The van der Waals surface area contributed by atoms with Crippen LogP contribution < -0.4 is 16.5 Å². The van der Waals surface area contributed by atoms with Gasteiger partial charge < -0.3 is 20.4 Å². The molecule has 1 fully saturated rings. The zero-order valence-electron chi connectivity index (χ0n) is 13.1. The van der Waals surface area contributed by atoms with Crippen LogP contribution in [0.4, 0.5) is 5.69 Å². The summed E-state index contributed by atoms with van der Waals surface area (Å²) in [6.45, 7) is 8.39.